The standard InChI is InChI=1S/C25H25F3N4O2S.C23H23F3N4O2S/c1-14-8-15(10-16(9-14)31-21-29-7-2-18(32-21)25(26,27)28)17-11-30-20(35-17)24(34)12-22(3-4-22)19(33)23(13-24)5-6-23;1-13-8-14(10-15(9-13)29-20-27-7-3-17(30-20)23(24,25)26)16-11-28-19(33-16)22(32)4-2-18(31)21(12-22)5-6-21/h2,7-11,19,33-34H,3-6,12-13H2,1H3,(H,29,31,32);3,7-11,18,31-32H,2,4-6,12H2,1H3,(H,27,29,30). The number of aryl methyl sites for hydroxylation is 2. The monoisotopic (exact) mass is 978 g/mol. The molecule has 5 aliphatic rings. The molecule has 0 amide bonds. The summed E-state index contributed by atoms with van der Waals surface area (Å²) in [7, 11) is 0. The van der Waals surface area contributed by atoms with Crippen molar-refractivity contribution in [2.75, 3.05) is 10.6 Å². The molecule has 4 aromatic heterocycles. The molecule has 20 heteroatoms. The number of nitrogens with one attached hydrogen (secondary N) is 2. The summed E-state index contributed by atoms with van der Waals surface area (Å²) in [5.41, 5.74) is -0.0832. The molecule has 2 unspecified atom stereocenters. The number of alkyl halides is 6. The van der Waals surface area contributed by atoms with Crippen molar-refractivity contribution < 1.29 is 46.8 Å². The van der Waals surface area contributed by atoms with Crippen molar-refractivity contribution in [3.63, 3.8) is 0 Å². The van der Waals surface area contributed by atoms with E-state index in [9.17, 15) is 46.8 Å². The van der Waals surface area contributed by atoms with Gasteiger partial charge in [-0.15, -0.1) is 22.7 Å². The van der Waals surface area contributed by atoms with Crippen LogP contribution >= 0.6 is 22.7 Å². The van der Waals surface area contributed by atoms with Crippen LogP contribution in [0.5, 0.6) is 0 Å². The molecule has 0 radical (unpaired) electrons. The zero-order valence-electron chi connectivity index (χ0n) is 36.9. The quantitative estimate of drug-likeness (QED) is 0.0795. The highest BCUT2D eigenvalue weighted by atomic mass is 32.1. The highest BCUT2D eigenvalue weighted by Gasteiger charge is 2.69. The Kier molecular flexibility index (Phi) is 11.3. The summed E-state index contributed by atoms with van der Waals surface area (Å²) in [4.78, 5) is 25.7. The summed E-state index contributed by atoms with van der Waals surface area (Å²) in [6.45, 7) is 3.78. The third-order valence-corrected chi connectivity index (χ3v) is 16.7. The number of thiazole rings is 2. The second-order valence-corrected chi connectivity index (χ2v) is 21.7. The lowest BCUT2D eigenvalue weighted by molar-refractivity contribution is -0.141. The normalized spacial score (nSPS) is 25.2. The zero-order chi connectivity index (χ0) is 48.1. The fraction of sp³-hybridized carbons (Fsp3) is 0.458. The highest BCUT2D eigenvalue weighted by molar-refractivity contribution is 7.15. The van der Waals surface area contributed by atoms with Crippen LogP contribution in [0.25, 0.3) is 20.9 Å². The second kappa shape index (κ2) is 16.5. The van der Waals surface area contributed by atoms with E-state index in [1.807, 2.05) is 32.0 Å². The van der Waals surface area contributed by atoms with Crippen molar-refractivity contribution >= 4 is 45.9 Å². The fourth-order valence-electron chi connectivity index (χ4n) is 10.4. The van der Waals surface area contributed by atoms with E-state index < -0.39 is 34.9 Å². The van der Waals surface area contributed by atoms with E-state index in [1.165, 1.54) is 22.7 Å². The van der Waals surface area contributed by atoms with Crippen LogP contribution in [0.2, 0.25) is 0 Å². The first-order chi connectivity index (χ1) is 32.1. The van der Waals surface area contributed by atoms with Crippen LogP contribution in [-0.2, 0) is 23.6 Å². The molecule has 6 N–H and O–H groups in total. The Morgan fingerprint density at radius 1 is 0.574 bits per heavy atom. The van der Waals surface area contributed by atoms with Crippen molar-refractivity contribution in [3.05, 3.63) is 106 Å². The first kappa shape index (κ1) is 46.6. The van der Waals surface area contributed by atoms with Gasteiger partial charge in [-0.25, -0.2) is 29.9 Å². The molecule has 11 rings (SSSR count). The summed E-state index contributed by atoms with van der Waals surface area (Å²) in [6.07, 6.45) is 4.04. The molecule has 0 saturated heterocycles. The number of halogens is 6. The molecule has 5 aliphatic carbocycles. The zero-order valence-corrected chi connectivity index (χ0v) is 38.6. The maximum Gasteiger partial charge on any atom is 0.433 e. The molecule has 2 atom stereocenters. The van der Waals surface area contributed by atoms with Crippen molar-refractivity contribution in [2.45, 2.75) is 120 Å². The van der Waals surface area contributed by atoms with Gasteiger partial charge in [0.25, 0.3) is 0 Å². The third-order valence-electron chi connectivity index (χ3n) is 14.2. The van der Waals surface area contributed by atoms with E-state index in [0.29, 0.717) is 53.5 Å². The van der Waals surface area contributed by atoms with E-state index in [4.69, 9.17) is 0 Å². The Morgan fingerprint density at radius 2 is 1.00 bits per heavy atom. The molecule has 4 heterocycles. The molecule has 68 heavy (non-hydrogen) atoms. The molecule has 5 saturated carbocycles. The Bertz CT molecular complexity index is 2860. The average molecular weight is 979 g/mol. The van der Waals surface area contributed by atoms with Crippen LogP contribution in [0.1, 0.15) is 103 Å². The molecule has 358 valence electrons. The summed E-state index contributed by atoms with van der Waals surface area (Å²) in [6, 6.07) is 12.8. The van der Waals surface area contributed by atoms with Crippen molar-refractivity contribution in [3.8, 4) is 20.9 Å². The maximum absolute atomic E-state index is 13.0. The first-order valence-corrected chi connectivity index (χ1v) is 24.0. The van der Waals surface area contributed by atoms with Gasteiger partial charge >= 0.3 is 12.4 Å². The van der Waals surface area contributed by atoms with Gasteiger partial charge in [0.1, 0.15) is 32.6 Å². The third kappa shape index (κ3) is 9.22. The number of benzene rings is 2. The second-order valence-electron chi connectivity index (χ2n) is 19.6. The van der Waals surface area contributed by atoms with Gasteiger partial charge in [-0.1, -0.05) is 12.1 Å². The van der Waals surface area contributed by atoms with Gasteiger partial charge in [-0.3, -0.25) is 0 Å². The van der Waals surface area contributed by atoms with Crippen LogP contribution in [0.3, 0.4) is 0 Å². The molecule has 5 fully saturated rings. The van der Waals surface area contributed by atoms with E-state index >= 15 is 0 Å². The number of nitrogens with zero attached hydrogens (tertiary/aromatic N) is 6. The topological polar surface area (TPSA) is 182 Å². The lowest BCUT2D eigenvalue weighted by Gasteiger charge is -2.44. The molecule has 3 spiro atoms. The van der Waals surface area contributed by atoms with Gasteiger partial charge in [0.15, 0.2) is 0 Å². The SMILES string of the molecule is Cc1cc(Nc2nccc(C(F)(F)F)n2)cc(-c2cnc(C3(O)CC4(CC4)C(O)C4(CC4)C3)s2)c1.Cc1cc(Nc2nccc(C(F)(F)F)n2)cc(-c2cnc(C3(O)CCC(O)C4(CC4)C3)s2)c1. The van der Waals surface area contributed by atoms with Crippen LogP contribution in [0, 0.1) is 30.1 Å². The van der Waals surface area contributed by atoms with Crippen molar-refractivity contribution in [1.82, 2.24) is 29.9 Å². The largest absolute Gasteiger partial charge is 0.433 e. The Balaban J connectivity index is 0.000000159. The van der Waals surface area contributed by atoms with Gasteiger partial charge in [-0.05, 0) is 149 Å². The summed E-state index contributed by atoms with van der Waals surface area (Å²) < 4.78 is 77.9. The average Bonchev–Trinajstić information content (AvgIpc) is 4.24. The lowest BCUT2D eigenvalue weighted by Crippen LogP contribution is -2.47. The van der Waals surface area contributed by atoms with E-state index in [0.717, 1.165) is 95.1 Å². The molecule has 0 bridgehead atoms. The number of rotatable bonds is 8. The predicted molar refractivity (Wildman–Crippen MR) is 243 cm³/mol. The van der Waals surface area contributed by atoms with E-state index in [1.54, 1.807) is 30.6 Å². The minimum Gasteiger partial charge on any atom is -0.393 e. The smallest absolute Gasteiger partial charge is 0.393 e. The van der Waals surface area contributed by atoms with Gasteiger partial charge in [-0.2, -0.15) is 26.3 Å². The number of aromatic nitrogens is 6. The highest BCUT2D eigenvalue weighted by Crippen LogP contribution is 2.72. The predicted octanol–water partition coefficient (Wildman–Crippen LogP) is 10.8. The molecule has 2 aromatic carbocycles. The van der Waals surface area contributed by atoms with Crippen LogP contribution in [-0.4, -0.2) is 62.5 Å². The number of hydrogen-bond donors (Lipinski definition) is 6. The Hall–Kier alpha value is -5.12. The molecule has 6 aromatic rings. The number of anilines is 4. The summed E-state index contributed by atoms with van der Waals surface area (Å²) in [5.74, 6) is -0.280. The van der Waals surface area contributed by atoms with Crippen LogP contribution in [0.4, 0.5) is 49.6 Å². The molecular weight excluding hydrogens is 931 g/mol. The Labute approximate surface area is 395 Å². The van der Waals surface area contributed by atoms with E-state index in [-0.39, 0.29) is 40.3 Å². The lowest BCUT2D eigenvalue weighted by atomic mass is 9.66. The molecule has 0 aliphatic heterocycles. The Morgan fingerprint density at radius 3 is 1.43 bits per heavy atom. The van der Waals surface area contributed by atoms with Crippen LogP contribution in [0.15, 0.2) is 73.3 Å². The number of hydrogen-bond acceptors (Lipinski definition) is 14. The minimum atomic E-state index is -4.55. The number of aliphatic hydroxyl groups is 4. The fourth-order valence-corrected chi connectivity index (χ4v) is 12.4. The van der Waals surface area contributed by atoms with Crippen molar-refractivity contribution in [2.24, 2.45) is 16.2 Å². The first-order valence-electron chi connectivity index (χ1n) is 22.4. The van der Waals surface area contributed by atoms with Gasteiger partial charge in [0.05, 0.1) is 22.0 Å². The number of aliphatic hydroxyl groups excluding tert-OH is 2. The van der Waals surface area contributed by atoms with Gasteiger partial charge < -0.3 is 31.1 Å². The molecule has 12 nitrogen and oxygen atoms in total. The molecular formula is C48H48F6N8O4S2. The maximum atomic E-state index is 13.0. The summed E-state index contributed by atoms with van der Waals surface area (Å²) in [5, 5.41) is 51.2. The van der Waals surface area contributed by atoms with Crippen LogP contribution < -0.4 is 10.6 Å². The van der Waals surface area contributed by atoms with Gasteiger partial charge in [0.2, 0.25) is 11.9 Å². The van der Waals surface area contributed by atoms with Gasteiger partial charge in [0, 0.05) is 47.0 Å². The van der Waals surface area contributed by atoms with Crippen molar-refractivity contribution in [1.29, 1.82) is 0 Å². The summed E-state index contributed by atoms with van der Waals surface area (Å²) >= 11 is 2.83. The minimum absolute atomic E-state index is 0.138. The van der Waals surface area contributed by atoms with E-state index in [2.05, 4.69) is 40.5 Å².